The molecule has 2 N–H and O–H groups in total. The molecule has 1 aromatic carbocycles. The second-order valence-corrected chi connectivity index (χ2v) is 4.33. The number of carboxylic acids is 1. The molecule has 6 nitrogen and oxygen atoms in total. The number of nitrogens with one attached hydrogen (secondary N) is 1. The summed E-state index contributed by atoms with van der Waals surface area (Å²) in [5, 5.41) is 11.7. The van der Waals surface area contributed by atoms with Crippen molar-refractivity contribution in [2.24, 2.45) is 0 Å². The molecule has 1 atom stereocenters. The molecule has 1 aliphatic heterocycles. The first-order chi connectivity index (χ1) is 9.16. The maximum absolute atomic E-state index is 12.1. The van der Waals surface area contributed by atoms with E-state index in [1.54, 1.807) is 24.3 Å². The van der Waals surface area contributed by atoms with Crippen molar-refractivity contribution in [3.05, 3.63) is 30.3 Å². The Morgan fingerprint density at radius 3 is 2.68 bits per heavy atom. The van der Waals surface area contributed by atoms with Crippen LogP contribution in [-0.4, -0.2) is 42.9 Å². The van der Waals surface area contributed by atoms with Gasteiger partial charge in [0.1, 0.15) is 6.54 Å². The van der Waals surface area contributed by atoms with E-state index in [9.17, 15) is 9.59 Å². The van der Waals surface area contributed by atoms with E-state index in [4.69, 9.17) is 9.84 Å². The normalized spacial score (nSPS) is 18.0. The first-order valence-corrected chi connectivity index (χ1v) is 6.09. The van der Waals surface area contributed by atoms with Crippen LogP contribution >= 0.6 is 0 Å². The molecule has 1 fully saturated rings. The molecule has 6 heteroatoms. The largest absolute Gasteiger partial charge is 0.480 e. The maximum atomic E-state index is 12.1. The van der Waals surface area contributed by atoms with Gasteiger partial charge in [-0.15, -0.1) is 0 Å². The van der Waals surface area contributed by atoms with Gasteiger partial charge in [0, 0.05) is 12.3 Å². The molecule has 0 bridgehead atoms. The van der Waals surface area contributed by atoms with Crippen molar-refractivity contribution in [1.82, 2.24) is 5.32 Å². The Hall–Kier alpha value is -2.08. The SMILES string of the molecule is O=C(O)CN(C(=O)NC1CCOC1)c1ccccc1. The minimum Gasteiger partial charge on any atom is -0.480 e. The number of benzene rings is 1. The van der Waals surface area contributed by atoms with E-state index in [2.05, 4.69) is 5.32 Å². The molecule has 1 aromatic rings. The fraction of sp³-hybridized carbons (Fsp3) is 0.385. The van der Waals surface area contributed by atoms with Crippen LogP contribution in [0.4, 0.5) is 10.5 Å². The zero-order valence-corrected chi connectivity index (χ0v) is 10.4. The highest BCUT2D eigenvalue weighted by molar-refractivity contribution is 5.96. The van der Waals surface area contributed by atoms with E-state index in [-0.39, 0.29) is 12.6 Å². The fourth-order valence-electron chi connectivity index (χ4n) is 1.92. The molecule has 0 radical (unpaired) electrons. The molecule has 0 aromatic heterocycles. The van der Waals surface area contributed by atoms with Crippen LogP contribution in [0, 0.1) is 0 Å². The lowest BCUT2D eigenvalue weighted by atomic mass is 10.2. The molecule has 0 spiro atoms. The summed E-state index contributed by atoms with van der Waals surface area (Å²) in [4.78, 5) is 24.2. The van der Waals surface area contributed by atoms with Crippen molar-refractivity contribution in [3.8, 4) is 0 Å². The van der Waals surface area contributed by atoms with Crippen LogP contribution in [0.1, 0.15) is 6.42 Å². The smallest absolute Gasteiger partial charge is 0.323 e. The summed E-state index contributed by atoms with van der Waals surface area (Å²) in [5.41, 5.74) is 0.557. The Morgan fingerprint density at radius 1 is 1.37 bits per heavy atom. The van der Waals surface area contributed by atoms with Gasteiger partial charge < -0.3 is 15.2 Å². The van der Waals surface area contributed by atoms with Crippen molar-refractivity contribution >= 4 is 17.7 Å². The Kier molecular flexibility index (Phi) is 4.35. The van der Waals surface area contributed by atoms with Gasteiger partial charge in [0.15, 0.2) is 0 Å². The molecule has 2 rings (SSSR count). The van der Waals surface area contributed by atoms with Crippen LogP contribution in [0.15, 0.2) is 30.3 Å². The number of anilines is 1. The number of carbonyl (C=O) groups excluding carboxylic acids is 1. The molecule has 1 unspecified atom stereocenters. The van der Waals surface area contributed by atoms with Gasteiger partial charge in [0.25, 0.3) is 0 Å². The van der Waals surface area contributed by atoms with Crippen molar-refractivity contribution in [3.63, 3.8) is 0 Å². The summed E-state index contributed by atoms with van der Waals surface area (Å²) in [6.07, 6.45) is 0.751. The molecule has 1 aliphatic rings. The number of rotatable bonds is 4. The second kappa shape index (κ2) is 6.19. The summed E-state index contributed by atoms with van der Waals surface area (Å²) in [5.74, 6) is -1.05. The first-order valence-electron chi connectivity index (χ1n) is 6.09. The predicted octanol–water partition coefficient (Wildman–Crippen LogP) is 1.08. The van der Waals surface area contributed by atoms with Gasteiger partial charge in [-0.05, 0) is 18.6 Å². The quantitative estimate of drug-likeness (QED) is 0.852. The van der Waals surface area contributed by atoms with Crippen molar-refractivity contribution in [1.29, 1.82) is 0 Å². The number of carboxylic acid groups (broad SMARTS) is 1. The third kappa shape index (κ3) is 3.69. The minimum absolute atomic E-state index is 0.0486. The topological polar surface area (TPSA) is 78.9 Å². The van der Waals surface area contributed by atoms with Crippen LogP contribution in [-0.2, 0) is 9.53 Å². The molecule has 1 saturated heterocycles. The van der Waals surface area contributed by atoms with Crippen LogP contribution in [0.3, 0.4) is 0 Å². The summed E-state index contributed by atoms with van der Waals surface area (Å²) >= 11 is 0. The predicted molar refractivity (Wildman–Crippen MR) is 69.2 cm³/mol. The number of urea groups is 1. The van der Waals surface area contributed by atoms with Crippen LogP contribution < -0.4 is 10.2 Å². The number of aliphatic carboxylic acids is 1. The third-order valence-electron chi connectivity index (χ3n) is 2.86. The van der Waals surface area contributed by atoms with E-state index in [1.807, 2.05) is 6.07 Å². The molecule has 19 heavy (non-hydrogen) atoms. The van der Waals surface area contributed by atoms with E-state index in [1.165, 1.54) is 4.90 Å². The van der Waals surface area contributed by atoms with Crippen molar-refractivity contribution < 1.29 is 19.4 Å². The van der Waals surface area contributed by atoms with E-state index >= 15 is 0 Å². The van der Waals surface area contributed by atoms with Crippen molar-refractivity contribution in [2.75, 3.05) is 24.7 Å². The minimum atomic E-state index is -1.05. The maximum Gasteiger partial charge on any atom is 0.323 e. The van der Waals surface area contributed by atoms with Gasteiger partial charge >= 0.3 is 12.0 Å². The standard InChI is InChI=1S/C13H16N2O4/c16-12(17)8-15(11-4-2-1-3-5-11)13(18)14-10-6-7-19-9-10/h1-5,10H,6-9H2,(H,14,18)(H,16,17). The van der Waals surface area contributed by atoms with Gasteiger partial charge in [-0.1, -0.05) is 18.2 Å². The highest BCUT2D eigenvalue weighted by Gasteiger charge is 2.23. The molecular formula is C13H16N2O4. The second-order valence-electron chi connectivity index (χ2n) is 4.33. The van der Waals surface area contributed by atoms with Crippen LogP contribution in [0.2, 0.25) is 0 Å². The number of ether oxygens (including phenoxy) is 1. The summed E-state index contributed by atoms with van der Waals surface area (Å²) in [7, 11) is 0. The number of nitrogens with zero attached hydrogens (tertiary/aromatic N) is 1. The zero-order valence-electron chi connectivity index (χ0n) is 10.4. The number of para-hydroxylation sites is 1. The Balaban J connectivity index is 2.08. The average Bonchev–Trinajstić information content (AvgIpc) is 2.89. The number of carbonyl (C=O) groups is 2. The molecule has 0 saturated carbocycles. The number of amides is 2. The van der Waals surface area contributed by atoms with Crippen molar-refractivity contribution in [2.45, 2.75) is 12.5 Å². The lowest BCUT2D eigenvalue weighted by Gasteiger charge is -2.23. The Bertz CT molecular complexity index is 443. The number of hydrogen-bond donors (Lipinski definition) is 2. The molecule has 2 amide bonds. The highest BCUT2D eigenvalue weighted by Crippen LogP contribution is 2.14. The van der Waals surface area contributed by atoms with E-state index in [0.29, 0.717) is 18.9 Å². The summed E-state index contributed by atoms with van der Waals surface area (Å²) in [6.45, 7) is 0.722. The molecular weight excluding hydrogens is 248 g/mol. The third-order valence-corrected chi connectivity index (χ3v) is 2.86. The number of hydrogen-bond acceptors (Lipinski definition) is 3. The Labute approximate surface area is 111 Å². The van der Waals surface area contributed by atoms with Gasteiger partial charge in [0.2, 0.25) is 0 Å². The summed E-state index contributed by atoms with van der Waals surface area (Å²) in [6, 6.07) is 8.27. The summed E-state index contributed by atoms with van der Waals surface area (Å²) < 4.78 is 5.17. The van der Waals surface area contributed by atoms with Gasteiger partial charge in [-0.2, -0.15) is 0 Å². The molecule has 0 aliphatic carbocycles. The van der Waals surface area contributed by atoms with Gasteiger partial charge in [-0.25, -0.2) is 4.79 Å². The molecule has 102 valence electrons. The monoisotopic (exact) mass is 264 g/mol. The lowest BCUT2D eigenvalue weighted by molar-refractivity contribution is -0.135. The van der Waals surface area contributed by atoms with Crippen LogP contribution in [0.25, 0.3) is 0 Å². The first kappa shape index (κ1) is 13.4. The highest BCUT2D eigenvalue weighted by atomic mass is 16.5. The van der Waals surface area contributed by atoms with Gasteiger partial charge in [0.05, 0.1) is 12.6 Å². The van der Waals surface area contributed by atoms with E-state index in [0.717, 1.165) is 6.42 Å². The van der Waals surface area contributed by atoms with Gasteiger partial charge in [-0.3, -0.25) is 9.69 Å². The average molecular weight is 264 g/mol. The molecule has 1 heterocycles. The van der Waals surface area contributed by atoms with Crippen LogP contribution in [0.5, 0.6) is 0 Å². The lowest BCUT2D eigenvalue weighted by Crippen LogP contribution is -2.47. The zero-order chi connectivity index (χ0) is 13.7. The Morgan fingerprint density at radius 2 is 2.11 bits per heavy atom. The fourth-order valence-corrected chi connectivity index (χ4v) is 1.92. The van der Waals surface area contributed by atoms with E-state index < -0.39 is 12.0 Å².